The van der Waals surface area contributed by atoms with E-state index in [-0.39, 0.29) is 12.3 Å². The fourth-order valence-electron chi connectivity index (χ4n) is 3.28. The summed E-state index contributed by atoms with van der Waals surface area (Å²) in [6.45, 7) is 0.868. The van der Waals surface area contributed by atoms with Gasteiger partial charge in [0.25, 0.3) is 5.91 Å². The average Bonchev–Trinajstić information content (AvgIpc) is 3.04. The molecule has 1 aromatic heterocycles. The number of likely N-dealkylation sites (N-methyl/N-ethyl adjacent to an activating group) is 1. The molecule has 1 atom stereocenters. The van der Waals surface area contributed by atoms with E-state index in [1.165, 1.54) is 0 Å². The molecule has 0 radical (unpaired) electrons. The lowest BCUT2D eigenvalue weighted by molar-refractivity contribution is 0.0576. The zero-order valence-corrected chi connectivity index (χ0v) is 16.2. The number of nitrogens with two attached hydrogens (primary N) is 1. The second-order valence-corrected chi connectivity index (χ2v) is 7.05. The molecule has 6 heteroatoms. The molecule has 0 spiro atoms. The van der Waals surface area contributed by atoms with Crippen molar-refractivity contribution in [3.63, 3.8) is 0 Å². The maximum absolute atomic E-state index is 13.3. The summed E-state index contributed by atoms with van der Waals surface area (Å²) < 4.78 is 6.77. The summed E-state index contributed by atoms with van der Waals surface area (Å²) in [4.78, 5) is 26.8. The van der Waals surface area contributed by atoms with Crippen LogP contribution in [-0.2, 0) is 17.6 Å². The van der Waals surface area contributed by atoms with Gasteiger partial charge < -0.3 is 15.4 Å². The second-order valence-electron chi connectivity index (χ2n) is 7.05. The minimum Gasteiger partial charge on any atom is -0.436 e. The topological polar surface area (TPSA) is 77.6 Å². The highest BCUT2D eigenvalue weighted by Gasteiger charge is 2.26. The molecule has 0 aliphatic carbocycles. The van der Waals surface area contributed by atoms with E-state index in [0.717, 1.165) is 35.0 Å². The fourth-order valence-corrected chi connectivity index (χ4v) is 3.28. The number of aromatic nitrogens is 1. The molecule has 0 unspecified atom stereocenters. The number of benzene rings is 2. The van der Waals surface area contributed by atoms with Gasteiger partial charge in [0, 0.05) is 24.5 Å². The Kier molecular flexibility index (Phi) is 6.11. The van der Waals surface area contributed by atoms with Gasteiger partial charge in [-0.15, -0.1) is 0 Å². The van der Waals surface area contributed by atoms with Crippen LogP contribution in [0.25, 0.3) is 10.9 Å². The van der Waals surface area contributed by atoms with Crippen molar-refractivity contribution >= 4 is 22.9 Å². The van der Waals surface area contributed by atoms with Crippen LogP contribution >= 0.6 is 0 Å². The second kappa shape index (κ2) is 8.71. The normalized spacial score (nSPS) is 12.2. The number of carbonyl (C=O) groups excluding carboxylic acids is 2. The molecule has 1 heterocycles. The molecule has 28 heavy (non-hydrogen) atoms. The summed E-state index contributed by atoms with van der Waals surface area (Å²) in [5.74, 6) is -0.310. The van der Waals surface area contributed by atoms with Crippen LogP contribution in [0.4, 0.5) is 4.79 Å². The van der Waals surface area contributed by atoms with Crippen molar-refractivity contribution in [1.82, 2.24) is 9.47 Å². The summed E-state index contributed by atoms with van der Waals surface area (Å²) in [7, 11) is 4.03. The first kappa shape index (κ1) is 19.6. The third kappa shape index (κ3) is 4.58. The highest BCUT2D eigenvalue weighted by molar-refractivity contribution is 5.97. The van der Waals surface area contributed by atoms with E-state index in [2.05, 4.69) is 4.90 Å². The molecule has 3 rings (SSSR count). The van der Waals surface area contributed by atoms with Crippen molar-refractivity contribution in [2.45, 2.75) is 18.9 Å². The largest absolute Gasteiger partial charge is 0.436 e. The van der Waals surface area contributed by atoms with Gasteiger partial charge in [-0.25, -0.2) is 4.79 Å². The molecule has 3 aromatic rings. The third-order valence-corrected chi connectivity index (χ3v) is 4.66. The third-order valence-electron chi connectivity index (χ3n) is 4.66. The maximum atomic E-state index is 13.3. The molecule has 0 saturated carbocycles. The number of rotatable bonds is 7. The fraction of sp³-hybridized carbons (Fsp3) is 0.273. The Morgan fingerprint density at radius 1 is 1.07 bits per heavy atom. The molecule has 0 bridgehead atoms. The monoisotopic (exact) mass is 379 g/mol. The number of fused-ring (bicyclic) bond motifs is 1. The van der Waals surface area contributed by atoms with Crippen molar-refractivity contribution in [2.75, 3.05) is 20.6 Å². The SMILES string of the molecule is CN(C)CCc1cn(C(=O)[C@H](Cc2ccccc2)OC(N)=O)c2ccccc12. The first-order valence-corrected chi connectivity index (χ1v) is 9.23. The molecule has 2 aromatic carbocycles. The van der Waals surface area contributed by atoms with Gasteiger partial charge in [0.2, 0.25) is 0 Å². The molecular weight excluding hydrogens is 354 g/mol. The maximum Gasteiger partial charge on any atom is 0.405 e. The summed E-state index contributed by atoms with van der Waals surface area (Å²) in [5.41, 5.74) is 8.01. The van der Waals surface area contributed by atoms with Crippen molar-refractivity contribution in [1.29, 1.82) is 0 Å². The van der Waals surface area contributed by atoms with E-state index < -0.39 is 12.2 Å². The standard InChI is InChI=1S/C22H25N3O3/c1-24(2)13-12-17-15-25(19-11-7-6-10-18(17)19)21(26)20(28-22(23)27)14-16-8-4-3-5-9-16/h3-11,15,20H,12-14H2,1-2H3,(H2,23,27)/t20-/m0/s1. The average molecular weight is 379 g/mol. The summed E-state index contributed by atoms with van der Waals surface area (Å²) in [6.07, 6.45) is 0.977. The van der Waals surface area contributed by atoms with Crippen molar-refractivity contribution in [3.8, 4) is 0 Å². The number of para-hydroxylation sites is 1. The summed E-state index contributed by atoms with van der Waals surface area (Å²) >= 11 is 0. The Morgan fingerprint density at radius 3 is 2.43 bits per heavy atom. The lowest BCUT2D eigenvalue weighted by Crippen LogP contribution is -2.35. The van der Waals surface area contributed by atoms with Crippen LogP contribution in [0.5, 0.6) is 0 Å². The molecule has 6 nitrogen and oxygen atoms in total. The molecule has 146 valence electrons. The van der Waals surface area contributed by atoms with Gasteiger partial charge in [-0.05, 0) is 37.7 Å². The molecular formula is C22H25N3O3. The zero-order chi connectivity index (χ0) is 20.1. The van der Waals surface area contributed by atoms with Gasteiger partial charge in [-0.2, -0.15) is 0 Å². The van der Waals surface area contributed by atoms with Crippen LogP contribution in [0.1, 0.15) is 15.9 Å². The Balaban J connectivity index is 1.95. The van der Waals surface area contributed by atoms with Crippen LogP contribution in [0.15, 0.2) is 60.8 Å². The number of hydrogen-bond acceptors (Lipinski definition) is 4. The first-order chi connectivity index (χ1) is 13.5. The minimum absolute atomic E-state index is 0.266. The van der Waals surface area contributed by atoms with E-state index in [9.17, 15) is 9.59 Å². The van der Waals surface area contributed by atoms with Gasteiger partial charge in [-0.1, -0.05) is 48.5 Å². The van der Waals surface area contributed by atoms with Gasteiger partial charge in [0.15, 0.2) is 6.10 Å². The quantitative estimate of drug-likeness (QED) is 0.684. The summed E-state index contributed by atoms with van der Waals surface area (Å²) in [6, 6.07) is 17.2. The van der Waals surface area contributed by atoms with E-state index in [1.54, 1.807) is 4.57 Å². The Labute approximate surface area is 164 Å². The van der Waals surface area contributed by atoms with Gasteiger partial charge in [0.1, 0.15) is 0 Å². The van der Waals surface area contributed by atoms with E-state index in [1.807, 2.05) is 74.9 Å². The molecule has 2 N–H and O–H groups in total. The minimum atomic E-state index is -0.989. The number of hydrogen-bond donors (Lipinski definition) is 1. The Hall–Kier alpha value is -3.12. The first-order valence-electron chi connectivity index (χ1n) is 9.23. The van der Waals surface area contributed by atoms with Crippen molar-refractivity contribution < 1.29 is 14.3 Å². The van der Waals surface area contributed by atoms with Crippen molar-refractivity contribution in [3.05, 3.63) is 71.9 Å². The number of primary amides is 1. The molecule has 1 amide bonds. The molecule has 0 aliphatic rings. The number of amides is 1. The van der Waals surface area contributed by atoms with Crippen LogP contribution in [-0.4, -0.2) is 48.2 Å². The van der Waals surface area contributed by atoms with Crippen LogP contribution in [0, 0.1) is 0 Å². The highest BCUT2D eigenvalue weighted by Crippen LogP contribution is 2.23. The molecule has 0 fully saturated rings. The smallest absolute Gasteiger partial charge is 0.405 e. The van der Waals surface area contributed by atoms with E-state index in [4.69, 9.17) is 10.5 Å². The molecule has 0 saturated heterocycles. The zero-order valence-electron chi connectivity index (χ0n) is 16.2. The van der Waals surface area contributed by atoms with Crippen LogP contribution in [0.3, 0.4) is 0 Å². The van der Waals surface area contributed by atoms with Gasteiger partial charge in [-0.3, -0.25) is 9.36 Å². The highest BCUT2D eigenvalue weighted by atomic mass is 16.6. The van der Waals surface area contributed by atoms with Gasteiger partial charge >= 0.3 is 6.09 Å². The van der Waals surface area contributed by atoms with Gasteiger partial charge in [0.05, 0.1) is 5.52 Å². The van der Waals surface area contributed by atoms with Crippen LogP contribution in [0.2, 0.25) is 0 Å². The predicted molar refractivity (Wildman–Crippen MR) is 109 cm³/mol. The number of nitrogens with zero attached hydrogens (tertiary/aromatic N) is 2. The predicted octanol–water partition coefficient (Wildman–Crippen LogP) is 3.09. The van der Waals surface area contributed by atoms with E-state index in [0.29, 0.717) is 0 Å². The Morgan fingerprint density at radius 2 is 1.75 bits per heavy atom. The van der Waals surface area contributed by atoms with Crippen LogP contribution < -0.4 is 5.73 Å². The lowest BCUT2D eigenvalue weighted by atomic mass is 10.1. The number of ether oxygens (including phenoxy) is 1. The lowest BCUT2D eigenvalue weighted by Gasteiger charge is -2.16. The van der Waals surface area contributed by atoms with E-state index >= 15 is 0 Å². The van der Waals surface area contributed by atoms with Crippen molar-refractivity contribution in [2.24, 2.45) is 5.73 Å². The molecule has 0 aliphatic heterocycles. The Bertz CT molecular complexity index is 964. The summed E-state index contributed by atoms with van der Waals surface area (Å²) in [5, 5.41) is 1.02. The number of carbonyl (C=O) groups is 2.